The maximum atomic E-state index is 12.0. The lowest BCUT2D eigenvalue weighted by Crippen LogP contribution is -3.15. The van der Waals surface area contributed by atoms with E-state index in [-0.39, 0.29) is 12.0 Å². The van der Waals surface area contributed by atoms with E-state index >= 15 is 0 Å². The summed E-state index contributed by atoms with van der Waals surface area (Å²) in [5.74, 6) is 0.0210. The molecule has 1 saturated heterocycles. The fourth-order valence-electron chi connectivity index (χ4n) is 2.52. The van der Waals surface area contributed by atoms with Crippen LogP contribution in [0.2, 0.25) is 0 Å². The number of amides is 2. The van der Waals surface area contributed by atoms with Crippen LogP contribution in [0.1, 0.15) is 13.3 Å². The first-order valence-corrected chi connectivity index (χ1v) is 8.68. The number of ether oxygens (including phenoxy) is 1. The lowest BCUT2D eigenvalue weighted by molar-refractivity contribution is -0.903. The molecule has 1 aliphatic rings. The molecule has 0 bridgehead atoms. The molecule has 0 radical (unpaired) electrons. The van der Waals surface area contributed by atoms with E-state index in [1.807, 2.05) is 31.2 Å². The maximum Gasteiger partial charge on any atom is 0.410 e. The largest absolute Gasteiger partial charge is 0.450 e. The summed E-state index contributed by atoms with van der Waals surface area (Å²) in [5, 5.41) is 2.89. The van der Waals surface area contributed by atoms with Crippen LogP contribution in [-0.2, 0) is 9.53 Å². The zero-order valence-corrected chi connectivity index (χ0v) is 14.9. The molecule has 0 unspecified atom stereocenters. The predicted octanol–water partition coefficient (Wildman–Crippen LogP) is 1.13. The second kappa shape index (κ2) is 8.88. The molecule has 0 saturated carbocycles. The maximum absolute atomic E-state index is 12.0. The third-order valence-corrected chi connectivity index (χ3v) is 4.36. The van der Waals surface area contributed by atoms with E-state index < -0.39 is 0 Å². The van der Waals surface area contributed by atoms with Gasteiger partial charge in [0.1, 0.15) is 0 Å². The summed E-state index contributed by atoms with van der Waals surface area (Å²) in [7, 11) is 0. The monoisotopic (exact) mass is 384 g/mol. The number of carbonyl (C=O) groups excluding carboxylic acids is 2. The van der Waals surface area contributed by atoms with E-state index in [9.17, 15) is 9.59 Å². The molecule has 2 amide bonds. The number of benzene rings is 1. The van der Waals surface area contributed by atoms with Crippen molar-refractivity contribution in [3.63, 3.8) is 0 Å². The van der Waals surface area contributed by atoms with Gasteiger partial charge in [-0.15, -0.1) is 0 Å². The Morgan fingerprint density at radius 2 is 1.91 bits per heavy atom. The second-order valence-electron chi connectivity index (χ2n) is 5.49. The Balaban J connectivity index is 1.67. The summed E-state index contributed by atoms with van der Waals surface area (Å²) in [4.78, 5) is 26.7. The van der Waals surface area contributed by atoms with Crippen molar-refractivity contribution in [2.24, 2.45) is 0 Å². The second-order valence-corrected chi connectivity index (χ2v) is 6.41. The number of piperazine rings is 1. The molecule has 0 aliphatic carbocycles. The smallest absolute Gasteiger partial charge is 0.410 e. The van der Waals surface area contributed by atoms with Crippen molar-refractivity contribution in [1.29, 1.82) is 0 Å². The number of carbonyl (C=O) groups is 2. The number of anilines is 1. The molecule has 0 spiro atoms. The predicted molar refractivity (Wildman–Crippen MR) is 91.5 cm³/mol. The number of quaternary nitrogens is 1. The van der Waals surface area contributed by atoms with Gasteiger partial charge in [-0.05, 0) is 31.2 Å². The van der Waals surface area contributed by atoms with Crippen LogP contribution in [0.25, 0.3) is 0 Å². The Bertz CT molecular complexity index is 528. The highest BCUT2D eigenvalue weighted by molar-refractivity contribution is 9.10. The number of halogens is 1. The number of hydrogen-bond acceptors (Lipinski definition) is 3. The van der Waals surface area contributed by atoms with Crippen LogP contribution in [0.5, 0.6) is 0 Å². The standard InChI is InChI=1S/C16H22BrN3O3/c1-2-23-16(22)20-11-9-19(10-12-20)8-7-15(21)18-14-5-3-13(17)4-6-14/h3-6H,2,7-12H2,1H3,(H,18,21)/p+1. The Morgan fingerprint density at radius 3 is 2.52 bits per heavy atom. The minimum Gasteiger partial charge on any atom is -0.450 e. The molecule has 126 valence electrons. The minimum absolute atomic E-state index is 0.0210. The topological polar surface area (TPSA) is 63.1 Å². The summed E-state index contributed by atoms with van der Waals surface area (Å²) in [6.07, 6.45) is 0.240. The van der Waals surface area contributed by atoms with Crippen molar-refractivity contribution >= 4 is 33.6 Å². The van der Waals surface area contributed by atoms with Crippen molar-refractivity contribution in [2.75, 3.05) is 44.6 Å². The van der Waals surface area contributed by atoms with Gasteiger partial charge < -0.3 is 15.0 Å². The van der Waals surface area contributed by atoms with Crippen molar-refractivity contribution in [3.8, 4) is 0 Å². The lowest BCUT2D eigenvalue weighted by atomic mass is 10.2. The quantitative estimate of drug-likeness (QED) is 0.799. The summed E-state index contributed by atoms with van der Waals surface area (Å²) >= 11 is 3.37. The fourth-order valence-corrected chi connectivity index (χ4v) is 2.78. The van der Waals surface area contributed by atoms with Crippen LogP contribution in [0.3, 0.4) is 0 Å². The normalized spacial score (nSPS) is 15.3. The Morgan fingerprint density at radius 1 is 1.26 bits per heavy atom. The van der Waals surface area contributed by atoms with Gasteiger partial charge in [0.15, 0.2) is 0 Å². The van der Waals surface area contributed by atoms with Crippen LogP contribution < -0.4 is 10.2 Å². The van der Waals surface area contributed by atoms with Crippen molar-refractivity contribution in [3.05, 3.63) is 28.7 Å². The lowest BCUT2D eigenvalue weighted by Gasteiger charge is -2.31. The van der Waals surface area contributed by atoms with E-state index in [2.05, 4.69) is 21.2 Å². The molecule has 6 nitrogen and oxygen atoms in total. The molecular formula is C16H23BrN3O3+. The van der Waals surface area contributed by atoms with Gasteiger partial charge in [-0.1, -0.05) is 15.9 Å². The molecule has 2 rings (SSSR count). The van der Waals surface area contributed by atoms with Gasteiger partial charge in [-0.2, -0.15) is 0 Å². The van der Waals surface area contributed by atoms with E-state index in [0.717, 1.165) is 29.8 Å². The van der Waals surface area contributed by atoms with Gasteiger partial charge in [-0.3, -0.25) is 9.69 Å². The van der Waals surface area contributed by atoms with Gasteiger partial charge in [0.05, 0.1) is 45.8 Å². The third-order valence-electron chi connectivity index (χ3n) is 3.83. The van der Waals surface area contributed by atoms with Gasteiger partial charge >= 0.3 is 6.09 Å². The molecule has 1 heterocycles. The van der Waals surface area contributed by atoms with Gasteiger partial charge in [-0.25, -0.2) is 4.79 Å². The number of nitrogens with zero attached hydrogens (tertiary/aromatic N) is 1. The Labute approximate surface area is 144 Å². The first-order valence-electron chi connectivity index (χ1n) is 7.89. The Hall–Kier alpha value is -1.60. The molecule has 1 fully saturated rings. The van der Waals surface area contributed by atoms with E-state index in [0.29, 0.717) is 26.1 Å². The minimum atomic E-state index is -0.237. The van der Waals surface area contributed by atoms with Gasteiger partial charge in [0.25, 0.3) is 0 Å². The highest BCUT2D eigenvalue weighted by Crippen LogP contribution is 2.14. The molecule has 1 aromatic rings. The van der Waals surface area contributed by atoms with Crippen molar-refractivity contribution in [1.82, 2.24) is 4.90 Å². The molecule has 0 aromatic heterocycles. The van der Waals surface area contributed by atoms with Crippen LogP contribution >= 0.6 is 15.9 Å². The first kappa shape index (κ1) is 17.7. The molecule has 0 atom stereocenters. The summed E-state index contributed by atoms with van der Waals surface area (Å²) in [6.45, 7) is 6.06. The van der Waals surface area contributed by atoms with Crippen LogP contribution in [-0.4, -0.2) is 56.2 Å². The average Bonchev–Trinajstić information content (AvgIpc) is 2.56. The first-order chi connectivity index (χ1) is 11.1. The van der Waals surface area contributed by atoms with E-state index in [4.69, 9.17) is 4.74 Å². The number of rotatable bonds is 5. The van der Waals surface area contributed by atoms with Crippen molar-refractivity contribution < 1.29 is 19.2 Å². The zero-order valence-electron chi connectivity index (χ0n) is 13.3. The fraction of sp³-hybridized carbons (Fsp3) is 0.500. The molecule has 23 heavy (non-hydrogen) atoms. The van der Waals surface area contributed by atoms with Gasteiger partial charge in [0, 0.05) is 10.2 Å². The highest BCUT2D eigenvalue weighted by atomic mass is 79.9. The molecule has 2 N–H and O–H groups in total. The van der Waals surface area contributed by atoms with Crippen LogP contribution in [0.4, 0.5) is 10.5 Å². The molecular weight excluding hydrogens is 362 g/mol. The SMILES string of the molecule is CCOC(=O)N1CC[NH+](CCC(=O)Nc2ccc(Br)cc2)CC1. The number of nitrogens with one attached hydrogen (secondary N) is 2. The van der Waals surface area contributed by atoms with E-state index in [1.54, 1.807) is 4.90 Å². The summed E-state index contributed by atoms with van der Waals surface area (Å²) in [6, 6.07) is 7.53. The number of hydrogen-bond donors (Lipinski definition) is 2. The van der Waals surface area contributed by atoms with Gasteiger partial charge in [0.2, 0.25) is 5.91 Å². The third kappa shape index (κ3) is 5.84. The summed E-state index contributed by atoms with van der Waals surface area (Å²) in [5.41, 5.74) is 0.806. The summed E-state index contributed by atoms with van der Waals surface area (Å²) < 4.78 is 5.99. The Kier molecular flexibility index (Phi) is 6.85. The highest BCUT2D eigenvalue weighted by Gasteiger charge is 2.24. The molecule has 7 heteroatoms. The molecule has 1 aliphatic heterocycles. The van der Waals surface area contributed by atoms with Crippen LogP contribution in [0, 0.1) is 0 Å². The average molecular weight is 385 g/mol. The zero-order chi connectivity index (χ0) is 16.7. The van der Waals surface area contributed by atoms with E-state index in [1.165, 1.54) is 4.90 Å². The van der Waals surface area contributed by atoms with Crippen LogP contribution in [0.15, 0.2) is 28.7 Å². The van der Waals surface area contributed by atoms with Crippen molar-refractivity contribution in [2.45, 2.75) is 13.3 Å². The molecule has 1 aromatic carbocycles.